The maximum Gasteiger partial charge on any atom is 0.472 e. The van der Waals surface area contributed by atoms with E-state index < -0.39 is 51.3 Å². The average molecular weight is 331 g/mol. The van der Waals surface area contributed by atoms with Crippen LogP contribution >= 0.6 is 7.82 Å². The van der Waals surface area contributed by atoms with Crippen molar-refractivity contribution in [2.75, 3.05) is 19.8 Å². The van der Waals surface area contributed by atoms with Crippen molar-refractivity contribution < 1.29 is 43.7 Å². The molecule has 0 aliphatic carbocycles. The Balaban J connectivity index is 4.50. The third kappa shape index (κ3) is 7.84. The van der Waals surface area contributed by atoms with Gasteiger partial charge in [0.05, 0.1) is 25.9 Å². The fraction of sp³-hybridized carbons (Fsp3) is 0.900. The van der Waals surface area contributed by atoms with Gasteiger partial charge in [0.15, 0.2) is 0 Å². The van der Waals surface area contributed by atoms with E-state index in [1.54, 1.807) is 0 Å². The molecule has 11 heteroatoms. The SMILES string of the molecule is CCOP(=O)(O)OC[C@@H](O)[C@@H](O)[C@H](O)[C@H](CO)NC(C)=O. The van der Waals surface area contributed by atoms with Crippen LogP contribution in [0.3, 0.4) is 0 Å². The van der Waals surface area contributed by atoms with E-state index in [0.717, 1.165) is 6.92 Å². The smallest absolute Gasteiger partial charge is 0.394 e. The van der Waals surface area contributed by atoms with Crippen molar-refractivity contribution in [1.82, 2.24) is 5.32 Å². The summed E-state index contributed by atoms with van der Waals surface area (Å²) in [6.45, 7) is 1.04. The monoisotopic (exact) mass is 331 g/mol. The molecule has 0 saturated heterocycles. The van der Waals surface area contributed by atoms with E-state index in [2.05, 4.69) is 14.4 Å². The molecule has 0 spiro atoms. The van der Waals surface area contributed by atoms with E-state index in [4.69, 9.17) is 10.00 Å². The quantitative estimate of drug-likeness (QED) is 0.242. The molecule has 21 heavy (non-hydrogen) atoms. The Labute approximate surface area is 121 Å². The highest BCUT2D eigenvalue weighted by atomic mass is 31.2. The fourth-order valence-electron chi connectivity index (χ4n) is 1.44. The first-order valence-corrected chi connectivity index (χ1v) is 7.68. The second-order valence-corrected chi connectivity index (χ2v) is 5.67. The maximum absolute atomic E-state index is 11.2. The van der Waals surface area contributed by atoms with E-state index in [1.807, 2.05) is 0 Å². The molecule has 0 saturated carbocycles. The van der Waals surface area contributed by atoms with Gasteiger partial charge in [-0.3, -0.25) is 13.8 Å². The van der Waals surface area contributed by atoms with E-state index in [-0.39, 0.29) is 6.61 Å². The number of amides is 1. The van der Waals surface area contributed by atoms with Crippen molar-refractivity contribution in [3.63, 3.8) is 0 Å². The number of hydrogen-bond donors (Lipinski definition) is 6. The van der Waals surface area contributed by atoms with Crippen molar-refractivity contribution in [3.8, 4) is 0 Å². The molecule has 0 aliphatic rings. The summed E-state index contributed by atoms with van der Waals surface area (Å²) in [4.78, 5) is 20.0. The predicted octanol–water partition coefficient (Wildman–Crippen LogP) is -2.28. The minimum atomic E-state index is -4.34. The summed E-state index contributed by atoms with van der Waals surface area (Å²) in [5.74, 6) is -0.553. The Bertz CT molecular complexity index is 366. The summed E-state index contributed by atoms with van der Waals surface area (Å²) in [5.41, 5.74) is 0. The molecular weight excluding hydrogens is 309 g/mol. The van der Waals surface area contributed by atoms with Gasteiger partial charge < -0.3 is 30.6 Å². The highest BCUT2D eigenvalue weighted by molar-refractivity contribution is 7.47. The van der Waals surface area contributed by atoms with Crippen LogP contribution in [0.25, 0.3) is 0 Å². The fourth-order valence-corrected chi connectivity index (χ4v) is 2.18. The Morgan fingerprint density at radius 3 is 2.24 bits per heavy atom. The van der Waals surface area contributed by atoms with Gasteiger partial charge in [0.25, 0.3) is 0 Å². The molecule has 126 valence electrons. The summed E-state index contributed by atoms with van der Waals surface area (Å²) in [6.07, 6.45) is -5.26. The van der Waals surface area contributed by atoms with Crippen LogP contribution < -0.4 is 5.32 Å². The molecule has 1 unspecified atom stereocenters. The number of phosphoric acid groups is 1. The normalized spacial score (nSPS) is 20.1. The zero-order valence-electron chi connectivity index (χ0n) is 11.7. The summed E-state index contributed by atoms with van der Waals surface area (Å²) in [5, 5.41) is 40.2. The molecule has 0 aromatic rings. The molecule has 6 N–H and O–H groups in total. The van der Waals surface area contributed by atoms with E-state index in [9.17, 15) is 24.7 Å². The van der Waals surface area contributed by atoms with E-state index in [1.165, 1.54) is 6.92 Å². The van der Waals surface area contributed by atoms with Gasteiger partial charge in [-0.05, 0) is 6.92 Å². The predicted molar refractivity (Wildman–Crippen MR) is 70.1 cm³/mol. The van der Waals surface area contributed by atoms with Gasteiger partial charge in [-0.25, -0.2) is 4.57 Å². The molecule has 5 atom stereocenters. The van der Waals surface area contributed by atoms with Crippen LogP contribution in [-0.2, 0) is 18.4 Å². The number of rotatable bonds is 10. The molecule has 0 bridgehead atoms. The molecule has 0 radical (unpaired) electrons. The summed E-state index contributed by atoms with van der Waals surface area (Å²) in [6, 6.07) is -1.21. The van der Waals surface area contributed by atoms with E-state index >= 15 is 0 Å². The lowest BCUT2D eigenvalue weighted by Gasteiger charge is -2.28. The number of carbonyl (C=O) groups excluding carboxylic acids is 1. The first kappa shape index (κ1) is 20.4. The molecule has 0 aromatic carbocycles. The number of aliphatic hydroxyl groups is 4. The van der Waals surface area contributed by atoms with Crippen molar-refractivity contribution >= 4 is 13.7 Å². The first-order valence-electron chi connectivity index (χ1n) is 6.18. The van der Waals surface area contributed by atoms with Gasteiger partial charge in [0, 0.05) is 6.92 Å². The van der Waals surface area contributed by atoms with Gasteiger partial charge >= 0.3 is 7.82 Å². The molecule has 1 amide bonds. The van der Waals surface area contributed by atoms with Crippen LogP contribution in [0.1, 0.15) is 13.8 Å². The van der Waals surface area contributed by atoms with E-state index in [0.29, 0.717) is 0 Å². The van der Waals surface area contributed by atoms with Crippen LogP contribution in [0.4, 0.5) is 0 Å². The molecular formula is C10H22NO9P. The van der Waals surface area contributed by atoms with Crippen LogP contribution in [0.5, 0.6) is 0 Å². The first-order chi connectivity index (χ1) is 9.64. The zero-order valence-corrected chi connectivity index (χ0v) is 12.6. The van der Waals surface area contributed by atoms with Crippen LogP contribution in [0, 0.1) is 0 Å². The number of hydrogen-bond acceptors (Lipinski definition) is 8. The lowest BCUT2D eigenvalue weighted by Crippen LogP contribution is -2.54. The van der Waals surface area contributed by atoms with Crippen LogP contribution in [0.15, 0.2) is 0 Å². The summed E-state index contributed by atoms with van der Waals surface area (Å²) in [7, 11) is -4.34. The average Bonchev–Trinajstić information content (AvgIpc) is 2.40. The standard InChI is InChI=1S/C10H22NO9P/c1-3-19-21(17,18)20-5-8(14)10(16)9(15)7(4-12)11-6(2)13/h7-10,12,14-16H,3-5H2,1-2H3,(H,11,13)(H,17,18)/t7-,8+,9+,10+/m0/s1. The third-order valence-corrected chi connectivity index (χ3v) is 3.50. The minimum absolute atomic E-state index is 0.0931. The van der Waals surface area contributed by atoms with Gasteiger partial charge in [-0.2, -0.15) is 0 Å². The van der Waals surface area contributed by atoms with Gasteiger partial charge in [0.2, 0.25) is 5.91 Å². The molecule has 0 rings (SSSR count). The van der Waals surface area contributed by atoms with Crippen molar-refractivity contribution in [2.24, 2.45) is 0 Å². The van der Waals surface area contributed by atoms with Crippen molar-refractivity contribution in [3.05, 3.63) is 0 Å². The highest BCUT2D eigenvalue weighted by Gasteiger charge is 2.33. The number of carbonyl (C=O) groups is 1. The lowest BCUT2D eigenvalue weighted by molar-refractivity contribution is -0.124. The van der Waals surface area contributed by atoms with Crippen LogP contribution in [0.2, 0.25) is 0 Å². The Hall–Kier alpha value is -0.580. The second-order valence-electron chi connectivity index (χ2n) is 4.22. The topological polar surface area (TPSA) is 166 Å². The molecule has 0 fully saturated rings. The zero-order chi connectivity index (χ0) is 16.6. The van der Waals surface area contributed by atoms with Gasteiger partial charge in [-0.15, -0.1) is 0 Å². The third-order valence-electron chi connectivity index (χ3n) is 2.44. The molecule has 10 nitrogen and oxygen atoms in total. The molecule has 0 aliphatic heterocycles. The Kier molecular flexibility index (Phi) is 9.18. The second kappa shape index (κ2) is 9.44. The largest absolute Gasteiger partial charge is 0.472 e. The minimum Gasteiger partial charge on any atom is -0.394 e. The maximum atomic E-state index is 11.2. The molecule has 0 aromatic heterocycles. The Morgan fingerprint density at radius 1 is 1.24 bits per heavy atom. The van der Waals surface area contributed by atoms with Crippen molar-refractivity contribution in [1.29, 1.82) is 0 Å². The van der Waals surface area contributed by atoms with Crippen LogP contribution in [-0.4, -0.2) is 75.4 Å². The summed E-state index contributed by atoms with van der Waals surface area (Å²) < 4.78 is 20.0. The number of aliphatic hydroxyl groups excluding tert-OH is 4. The summed E-state index contributed by atoms with van der Waals surface area (Å²) >= 11 is 0. The number of phosphoric ester groups is 1. The van der Waals surface area contributed by atoms with Crippen molar-refractivity contribution in [2.45, 2.75) is 38.2 Å². The van der Waals surface area contributed by atoms with Gasteiger partial charge in [0.1, 0.15) is 18.3 Å². The lowest BCUT2D eigenvalue weighted by atomic mass is 10.0. The molecule has 0 heterocycles. The number of nitrogens with one attached hydrogen (secondary N) is 1. The highest BCUT2D eigenvalue weighted by Crippen LogP contribution is 2.43. The Morgan fingerprint density at radius 2 is 1.81 bits per heavy atom. The van der Waals surface area contributed by atoms with Gasteiger partial charge in [-0.1, -0.05) is 0 Å².